The highest BCUT2D eigenvalue weighted by Gasteiger charge is 2.13. The van der Waals surface area contributed by atoms with Gasteiger partial charge in [-0.15, -0.1) is 0 Å². The van der Waals surface area contributed by atoms with Crippen molar-refractivity contribution in [1.29, 1.82) is 0 Å². The number of para-hydroxylation sites is 1. The van der Waals surface area contributed by atoms with Gasteiger partial charge in [0.1, 0.15) is 11.5 Å². The van der Waals surface area contributed by atoms with Crippen molar-refractivity contribution in [1.82, 2.24) is 5.32 Å². The molecule has 0 spiro atoms. The van der Waals surface area contributed by atoms with Gasteiger partial charge < -0.3 is 14.8 Å². The second-order valence-electron chi connectivity index (χ2n) is 5.53. The Hall–Kier alpha value is -2.60. The zero-order valence-corrected chi connectivity index (χ0v) is 15.4. The van der Waals surface area contributed by atoms with E-state index in [1.807, 2.05) is 51.1 Å². The minimum atomic E-state index is -0.323. The molecule has 0 atom stereocenters. The average molecular weight is 358 g/mol. The van der Waals surface area contributed by atoms with Crippen LogP contribution in [-0.4, -0.2) is 23.7 Å². The standard InChI is InChI=1S/C19H22N2O3S/c1-4-23-17-11-6-5-10-16(17)18(22)21-19(25)20-14-8-7-9-15(12-14)24-13(2)3/h5-13H,4H2,1-3H3,(H2,20,21,22,25). The normalized spacial score (nSPS) is 10.2. The number of thiocarbonyl (C=S) groups is 1. The summed E-state index contributed by atoms with van der Waals surface area (Å²) in [6.45, 7) is 6.27. The zero-order chi connectivity index (χ0) is 18.2. The zero-order valence-electron chi connectivity index (χ0n) is 14.5. The molecule has 0 aromatic heterocycles. The number of rotatable bonds is 6. The third-order valence-electron chi connectivity index (χ3n) is 3.12. The lowest BCUT2D eigenvalue weighted by Gasteiger charge is -2.14. The molecule has 0 heterocycles. The van der Waals surface area contributed by atoms with Gasteiger partial charge in [0, 0.05) is 11.8 Å². The first-order valence-electron chi connectivity index (χ1n) is 8.10. The fourth-order valence-corrected chi connectivity index (χ4v) is 2.40. The molecule has 6 heteroatoms. The number of benzene rings is 2. The van der Waals surface area contributed by atoms with Gasteiger partial charge in [0.15, 0.2) is 5.11 Å². The van der Waals surface area contributed by atoms with Gasteiger partial charge in [-0.05, 0) is 57.3 Å². The molecular formula is C19H22N2O3S. The predicted octanol–water partition coefficient (Wildman–Crippen LogP) is 4.00. The molecule has 0 radical (unpaired) electrons. The number of nitrogens with one attached hydrogen (secondary N) is 2. The lowest BCUT2D eigenvalue weighted by Crippen LogP contribution is -2.34. The summed E-state index contributed by atoms with van der Waals surface area (Å²) in [6.07, 6.45) is 0.0805. The van der Waals surface area contributed by atoms with Crippen LogP contribution in [-0.2, 0) is 0 Å². The first kappa shape index (κ1) is 18.7. The van der Waals surface area contributed by atoms with Crippen LogP contribution in [0.15, 0.2) is 48.5 Å². The van der Waals surface area contributed by atoms with E-state index in [9.17, 15) is 4.79 Å². The Morgan fingerprint density at radius 2 is 1.92 bits per heavy atom. The van der Waals surface area contributed by atoms with E-state index in [1.54, 1.807) is 18.2 Å². The fourth-order valence-electron chi connectivity index (χ4n) is 2.19. The van der Waals surface area contributed by atoms with Crippen LogP contribution in [0.4, 0.5) is 5.69 Å². The first-order valence-corrected chi connectivity index (χ1v) is 8.51. The Bertz CT molecular complexity index is 747. The Labute approximate surface area is 153 Å². The highest BCUT2D eigenvalue weighted by molar-refractivity contribution is 7.80. The Morgan fingerprint density at radius 1 is 1.16 bits per heavy atom. The smallest absolute Gasteiger partial charge is 0.261 e. The van der Waals surface area contributed by atoms with Crippen LogP contribution >= 0.6 is 12.2 Å². The van der Waals surface area contributed by atoms with E-state index < -0.39 is 0 Å². The maximum Gasteiger partial charge on any atom is 0.261 e. The summed E-state index contributed by atoms with van der Waals surface area (Å²) in [5.74, 6) is 0.935. The van der Waals surface area contributed by atoms with Crippen molar-refractivity contribution in [3.63, 3.8) is 0 Å². The van der Waals surface area contributed by atoms with Crippen molar-refractivity contribution in [2.45, 2.75) is 26.9 Å². The lowest BCUT2D eigenvalue weighted by atomic mass is 10.2. The number of hydrogen-bond acceptors (Lipinski definition) is 4. The molecule has 0 unspecified atom stereocenters. The largest absolute Gasteiger partial charge is 0.493 e. The van der Waals surface area contributed by atoms with Gasteiger partial charge in [-0.2, -0.15) is 0 Å². The number of hydrogen-bond donors (Lipinski definition) is 2. The van der Waals surface area contributed by atoms with Crippen molar-refractivity contribution < 1.29 is 14.3 Å². The molecule has 0 aliphatic rings. The second kappa shape index (κ2) is 9.03. The van der Waals surface area contributed by atoms with Gasteiger partial charge in [-0.3, -0.25) is 10.1 Å². The molecule has 2 aromatic carbocycles. The van der Waals surface area contributed by atoms with E-state index in [1.165, 1.54) is 0 Å². The number of ether oxygens (including phenoxy) is 2. The summed E-state index contributed by atoms with van der Waals surface area (Å²) < 4.78 is 11.1. The molecule has 0 aliphatic carbocycles. The number of carbonyl (C=O) groups is 1. The molecule has 25 heavy (non-hydrogen) atoms. The molecule has 2 aromatic rings. The van der Waals surface area contributed by atoms with Crippen molar-refractivity contribution in [3.8, 4) is 11.5 Å². The van der Waals surface area contributed by atoms with E-state index in [0.717, 1.165) is 11.4 Å². The van der Waals surface area contributed by atoms with Crippen molar-refractivity contribution >= 4 is 28.9 Å². The van der Waals surface area contributed by atoms with Crippen LogP contribution in [0, 0.1) is 0 Å². The van der Waals surface area contributed by atoms with E-state index >= 15 is 0 Å². The SMILES string of the molecule is CCOc1ccccc1C(=O)NC(=S)Nc1cccc(OC(C)C)c1. The quantitative estimate of drug-likeness (QED) is 0.765. The van der Waals surface area contributed by atoms with Crippen LogP contribution < -0.4 is 20.1 Å². The monoisotopic (exact) mass is 358 g/mol. The average Bonchev–Trinajstić information content (AvgIpc) is 2.55. The molecule has 0 saturated carbocycles. The topological polar surface area (TPSA) is 59.6 Å². The molecule has 5 nitrogen and oxygen atoms in total. The minimum absolute atomic E-state index is 0.0805. The van der Waals surface area contributed by atoms with Crippen LogP contribution in [0.1, 0.15) is 31.1 Å². The number of carbonyl (C=O) groups excluding carboxylic acids is 1. The second-order valence-corrected chi connectivity index (χ2v) is 5.94. The molecule has 0 bridgehead atoms. The molecule has 132 valence electrons. The molecule has 1 amide bonds. The van der Waals surface area contributed by atoms with E-state index in [-0.39, 0.29) is 17.1 Å². The maximum atomic E-state index is 12.4. The van der Waals surface area contributed by atoms with E-state index in [4.69, 9.17) is 21.7 Å². The molecule has 0 aliphatic heterocycles. The van der Waals surface area contributed by atoms with Gasteiger partial charge in [0.25, 0.3) is 5.91 Å². The lowest BCUT2D eigenvalue weighted by molar-refractivity contribution is 0.0974. The molecule has 2 N–H and O–H groups in total. The first-order chi connectivity index (χ1) is 12.0. The van der Waals surface area contributed by atoms with E-state index in [2.05, 4.69) is 10.6 Å². The van der Waals surface area contributed by atoms with Crippen LogP contribution in [0.2, 0.25) is 0 Å². The maximum absolute atomic E-state index is 12.4. The molecule has 0 saturated heterocycles. The van der Waals surface area contributed by atoms with Gasteiger partial charge >= 0.3 is 0 Å². The van der Waals surface area contributed by atoms with Crippen molar-refractivity contribution in [3.05, 3.63) is 54.1 Å². The number of amides is 1. The summed E-state index contributed by atoms with van der Waals surface area (Å²) >= 11 is 5.23. The Morgan fingerprint density at radius 3 is 2.64 bits per heavy atom. The number of anilines is 1. The third kappa shape index (κ3) is 5.76. The highest BCUT2D eigenvalue weighted by Crippen LogP contribution is 2.19. The van der Waals surface area contributed by atoms with Gasteiger partial charge in [0.2, 0.25) is 0 Å². The van der Waals surface area contributed by atoms with Crippen molar-refractivity contribution in [2.24, 2.45) is 0 Å². The summed E-state index contributed by atoms with van der Waals surface area (Å²) in [5, 5.41) is 5.86. The summed E-state index contributed by atoms with van der Waals surface area (Å²) in [5.41, 5.74) is 1.17. The summed E-state index contributed by atoms with van der Waals surface area (Å²) in [7, 11) is 0. The van der Waals surface area contributed by atoms with E-state index in [0.29, 0.717) is 17.9 Å². The third-order valence-corrected chi connectivity index (χ3v) is 3.33. The van der Waals surface area contributed by atoms with Crippen LogP contribution in [0.5, 0.6) is 11.5 Å². The van der Waals surface area contributed by atoms with Gasteiger partial charge in [0.05, 0.1) is 18.3 Å². The molecular weight excluding hydrogens is 336 g/mol. The minimum Gasteiger partial charge on any atom is -0.493 e. The van der Waals surface area contributed by atoms with Gasteiger partial charge in [-0.25, -0.2) is 0 Å². The highest BCUT2D eigenvalue weighted by atomic mass is 32.1. The summed E-state index contributed by atoms with van der Waals surface area (Å²) in [4.78, 5) is 12.4. The summed E-state index contributed by atoms with van der Waals surface area (Å²) in [6, 6.07) is 14.4. The predicted molar refractivity (Wildman–Crippen MR) is 104 cm³/mol. The van der Waals surface area contributed by atoms with Crippen LogP contribution in [0.25, 0.3) is 0 Å². The van der Waals surface area contributed by atoms with Crippen LogP contribution in [0.3, 0.4) is 0 Å². The Balaban J connectivity index is 2.02. The molecule has 2 rings (SSSR count). The Kier molecular flexibility index (Phi) is 6.77. The van der Waals surface area contributed by atoms with Crippen molar-refractivity contribution in [2.75, 3.05) is 11.9 Å². The fraction of sp³-hybridized carbons (Fsp3) is 0.263. The van der Waals surface area contributed by atoms with Gasteiger partial charge in [-0.1, -0.05) is 18.2 Å². The molecule has 0 fully saturated rings.